The zero-order valence-corrected chi connectivity index (χ0v) is 11.5. The molecule has 0 unspecified atom stereocenters. The standard InChI is InChI=1S/C19H14N2/c1-2-8-15-14(6-1)7-5-11-18(15)21-19-12-13-20-17-10-4-3-9-16(17)19/h1-13H,(H,20,21). The molecule has 3 aromatic carbocycles. The fourth-order valence-electron chi connectivity index (χ4n) is 2.68. The summed E-state index contributed by atoms with van der Waals surface area (Å²) in [7, 11) is 0. The molecule has 1 heterocycles. The molecule has 0 radical (unpaired) electrons. The van der Waals surface area contributed by atoms with Gasteiger partial charge in [-0.05, 0) is 23.6 Å². The van der Waals surface area contributed by atoms with Crippen molar-refractivity contribution < 1.29 is 0 Å². The summed E-state index contributed by atoms with van der Waals surface area (Å²) in [5.74, 6) is 0. The number of rotatable bonds is 2. The third kappa shape index (κ3) is 2.11. The molecule has 0 atom stereocenters. The first kappa shape index (κ1) is 11.9. The minimum absolute atomic E-state index is 1.00. The molecular formula is C19H14N2. The third-order valence-electron chi connectivity index (χ3n) is 3.71. The molecule has 0 fully saturated rings. The number of nitrogens with zero attached hydrogens (tertiary/aromatic N) is 1. The quantitative estimate of drug-likeness (QED) is 0.546. The van der Waals surface area contributed by atoms with E-state index in [1.165, 1.54) is 10.8 Å². The number of fused-ring (bicyclic) bond motifs is 2. The van der Waals surface area contributed by atoms with Crippen LogP contribution in [0.5, 0.6) is 0 Å². The number of para-hydroxylation sites is 1. The second-order valence-electron chi connectivity index (χ2n) is 5.03. The van der Waals surface area contributed by atoms with Crippen molar-refractivity contribution in [3.63, 3.8) is 0 Å². The lowest BCUT2D eigenvalue weighted by molar-refractivity contribution is 1.41. The van der Waals surface area contributed by atoms with Crippen LogP contribution in [0, 0.1) is 0 Å². The van der Waals surface area contributed by atoms with Crippen LogP contribution in [-0.4, -0.2) is 4.98 Å². The van der Waals surface area contributed by atoms with Crippen LogP contribution in [0.3, 0.4) is 0 Å². The van der Waals surface area contributed by atoms with Crippen molar-refractivity contribution in [1.29, 1.82) is 0 Å². The van der Waals surface area contributed by atoms with Crippen LogP contribution < -0.4 is 5.32 Å². The Morgan fingerprint density at radius 2 is 1.33 bits per heavy atom. The fraction of sp³-hybridized carbons (Fsp3) is 0. The van der Waals surface area contributed by atoms with E-state index in [9.17, 15) is 0 Å². The lowest BCUT2D eigenvalue weighted by atomic mass is 10.1. The largest absolute Gasteiger partial charge is 0.354 e. The highest BCUT2D eigenvalue weighted by molar-refractivity contribution is 5.99. The minimum atomic E-state index is 1.00. The summed E-state index contributed by atoms with van der Waals surface area (Å²) in [4.78, 5) is 4.41. The van der Waals surface area contributed by atoms with Crippen LogP contribution in [0.2, 0.25) is 0 Å². The third-order valence-corrected chi connectivity index (χ3v) is 3.71. The Kier molecular flexibility index (Phi) is 2.79. The van der Waals surface area contributed by atoms with Crippen LogP contribution >= 0.6 is 0 Å². The van der Waals surface area contributed by atoms with Crippen LogP contribution in [0.25, 0.3) is 21.7 Å². The highest BCUT2D eigenvalue weighted by atomic mass is 14.9. The summed E-state index contributed by atoms with van der Waals surface area (Å²) < 4.78 is 0. The number of aromatic nitrogens is 1. The molecule has 0 amide bonds. The van der Waals surface area contributed by atoms with E-state index in [4.69, 9.17) is 0 Å². The molecule has 0 saturated carbocycles. The van der Waals surface area contributed by atoms with Crippen LogP contribution in [-0.2, 0) is 0 Å². The zero-order chi connectivity index (χ0) is 14.1. The van der Waals surface area contributed by atoms with Gasteiger partial charge in [0, 0.05) is 28.3 Å². The van der Waals surface area contributed by atoms with Crippen LogP contribution in [0.15, 0.2) is 79.0 Å². The van der Waals surface area contributed by atoms with E-state index in [-0.39, 0.29) is 0 Å². The van der Waals surface area contributed by atoms with E-state index in [0.29, 0.717) is 0 Å². The van der Waals surface area contributed by atoms with E-state index in [0.717, 1.165) is 22.3 Å². The molecule has 2 heteroatoms. The molecule has 0 spiro atoms. The molecule has 0 aliphatic rings. The summed E-state index contributed by atoms with van der Waals surface area (Å²) in [6, 6.07) is 24.9. The Balaban J connectivity index is 1.87. The SMILES string of the molecule is c1ccc2c(Nc3ccnc4ccccc34)cccc2c1. The second-order valence-corrected chi connectivity index (χ2v) is 5.03. The number of pyridine rings is 1. The smallest absolute Gasteiger partial charge is 0.0722 e. The fourth-order valence-corrected chi connectivity index (χ4v) is 2.68. The first-order valence-electron chi connectivity index (χ1n) is 7.00. The van der Waals surface area contributed by atoms with Gasteiger partial charge in [0.05, 0.1) is 5.52 Å². The van der Waals surface area contributed by atoms with Crippen LogP contribution in [0.1, 0.15) is 0 Å². The summed E-state index contributed by atoms with van der Waals surface area (Å²) in [6.07, 6.45) is 1.84. The predicted octanol–water partition coefficient (Wildman–Crippen LogP) is 5.13. The van der Waals surface area contributed by atoms with Gasteiger partial charge < -0.3 is 5.32 Å². The number of anilines is 2. The molecule has 0 aliphatic heterocycles. The van der Waals surface area contributed by atoms with Gasteiger partial charge in [0.15, 0.2) is 0 Å². The number of hydrogen-bond acceptors (Lipinski definition) is 2. The predicted molar refractivity (Wildman–Crippen MR) is 89.0 cm³/mol. The summed E-state index contributed by atoms with van der Waals surface area (Å²) >= 11 is 0. The molecule has 4 rings (SSSR count). The van der Waals surface area contributed by atoms with Crippen molar-refractivity contribution in [2.75, 3.05) is 5.32 Å². The van der Waals surface area contributed by atoms with Gasteiger partial charge >= 0.3 is 0 Å². The first-order chi connectivity index (χ1) is 10.4. The van der Waals surface area contributed by atoms with Crippen molar-refractivity contribution in [3.8, 4) is 0 Å². The number of nitrogens with one attached hydrogen (secondary N) is 1. The summed E-state index contributed by atoms with van der Waals surface area (Å²) in [5.41, 5.74) is 3.20. The lowest BCUT2D eigenvalue weighted by Gasteiger charge is -2.11. The Bertz CT molecular complexity index is 841. The molecule has 1 N–H and O–H groups in total. The highest BCUT2D eigenvalue weighted by Gasteiger charge is 2.04. The molecular weight excluding hydrogens is 256 g/mol. The van der Waals surface area contributed by atoms with Crippen molar-refractivity contribution >= 4 is 33.1 Å². The Morgan fingerprint density at radius 1 is 0.619 bits per heavy atom. The van der Waals surface area contributed by atoms with Gasteiger partial charge in [0.2, 0.25) is 0 Å². The van der Waals surface area contributed by atoms with Crippen molar-refractivity contribution in [3.05, 3.63) is 79.0 Å². The molecule has 21 heavy (non-hydrogen) atoms. The maximum atomic E-state index is 4.41. The van der Waals surface area contributed by atoms with Gasteiger partial charge in [-0.1, -0.05) is 54.6 Å². The maximum Gasteiger partial charge on any atom is 0.0722 e. The van der Waals surface area contributed by atoms with Gasteiger partial charge in [-0.3, -0.25) is 4.98 Å². The monoisotopic (exact) mass is 270 g/mol. The average molecular weight is 270 g/mol. The minimum Gasteiger partial charge on any atom is -0.354 e. The molecule has 1 aromatic heterocycles. The molecule has 0 saturated heterocycles. The second kappa shape index (κ2) is 4.91. The summed E-state index contributed by atoms with van der Waals surface area (Å²) in [5, 5.41) is 7.14. The molecule has 100 valence electrons. The Morgan fingerprint density at radius 3 is 2.29 bits per heavy atom. The van der Waals surface area contributed by atoms with E-state index in [1.54, 1.807) is 0 Å². The van der Waals surface area contributed by atoms with Gasteiger partial charge in [-0.25, -0.2) is 0 Å². The Hall–Kier alpha value is -2.87. The van der Waals surface area contributed by atoms with Gasteiger partial charge in [0.25, 0.3) is 0 Å². The van der Waals surface area contributed by atoms with Crippen LogP contribution in [0.4, 0.5) is 11.4 Å². The van der Waals surface area contributed by atoms with Gasteiger partial charge in [-0.15, -0.1) is 0 Å². The highest BCUT2D eigenvalue weighted by Crippen LogP contribution is 2.29. The lowest BCUT2D eigenvalue weighted by Crippen LogP contribution is -1.93. The van der Waals surface area contributed by atoms with E-state index in [2.05, 4.69) is 58.8 Å². The maximum absolute atomic E-state index is 4.41. The zero-order valence-electron chi connectivity index (χ0n) is 11.5. The topological polar surface area (TPSA) is 24.9 Å². The van der Waals surface area contributed by atoms with Gasteiger partial charge in [-0.2, -0.15) is 0 Å². The molecule has 2 nitrogen and oxygen atoms in total. The summed E-state index contributed by atoms with van der Waals surface area (Å²) in [6.45, 7) is 0. The molecule has 4 aromatic rings. The van der Waals surface area contributed by atoms with E-state index >= 15 is 0 Å². The van der Waals surface area contributed by atoms with Gasteiger partial charge in [0.1, 0.15) is 0 Å². The average Bonchev–Trinajstić information content (AvgIpc) is 2.56. The van der Waals surface area contributed by atoms with Crippen molar-refractivity contribution in [2.45, 2.75) is 0 Å². The molecule has 0 bridgehead atoms. The normalized spacial score (nSPS) is 10.9. The van der Waals surface area contributed by atoms with E-state index in [1.807, 2.05) is 30.5 Å². The number of hydrogen-bond donors (Lipinski definition) is 1. The molecule has 0 aliphatic carbocycles. The van der Waals surface area contributed by atoms with E-state index < -0.39 is 0 Å². The Labute approximate surface area is 123 Å². The first-order valence-corrected chi connectivity index (χ1v) is 7.00. The van der Waals surface area contributed by atoms with Crippen molar-refractivity contribution in [2.24, 2.45) is 0 Å². The van der Waals surface area contributed by atoms with Crippen molar-refractivity contribution in [1.82, 2.24) is 4.98 Å². The number of benzene rings is 3.